The molecule has 4 nitrogen and oxygen atoms in total. The number of amides is 1. The van der Waals surface area contributed by atoms with E-state index in [0.29, 0.717) is 13.2 Å². The highest BCUT2D eigenvalue weighted by Crippen LogP contribution is 2.01. The Morgan fingerprint density at radius 3 is 3.00 bits per heavy atom. The molecule has 1 aliphatic rings. The normalized spacial score (nSPS) is 22.8. The summed E-state index contributed by atoms with van der Waals surface area (Å²) in [6.07, 6.45) is 0.716. The van der Waals surface area contributed by atoms with Gasteiger partial charge in [-0.1, -0.05) is 6.92 Å². The van der Waals surface area contributed by atoms with Crippen LogP contribution in [0.2, 0.25) is 0 Å². The van der Waals surface area contributed by atoms with Crippen LogP contribution < -0.4 is 5.32 Å². The van der Waals surface area contributed by atoms with Gasteiger partial charge in [0.05, 0.1) is 6.61 Å². The fourth-order valence-electron chi connectivity index (χ4n) is 1.42. The zero-order valence-electron chi connectivity index (χ0n) is 8.38. The average molecular weight is 186 g/mol. The zero-order chi connectivity index (χ0) is 9.68. The van der Waals surface area contributed by atoms with Crippen molar-refractivity contribution in [1.82, 2.24) is 10.2 Å². The summed E-state index contributed by atoms with van der Waals surface area (Å²) in [4.78, 5) is 13.4. The van der Waals surface area contributed by atoms with Gasteiger partial charge in [-0.3, -0.25) is 4.79 Å². The molecule has 1 unspecified atom stereocenters. The van der Waals surface area contributed by atoms with Crippen LogP contribution in [0.25, 0.3) is 0 Å². The first kappa shape index (κ1) is 10.5. The fraction of sp³-hybridized carbons (Fsp3) is 0.889. The number of nitrogens with one attached hydrogen (secondary N) is 1. The van der Waals surface area contributed by atoms with Crippen molar-refractivity contribution in [3.63, 3.8) is 0 Å². The van der Waals surface area contributed by atoms with Crippen molar-refractivity contribution >= 4 is 5.91 Å². The number of morpholine rings is 1. The summed E-state index contributed by atoms with van der Waals surface area (Å²) in [6.45, 7) is 4.99. The second-order valence-electron chi connectivity index (χ2n) is 3.32. The van der Waals surface area contributed by atoms with Gasteiger partial charge in [-0.05, 0) is 6.42 Å². The summed E-state index contributed by atoms with van der Waals surface area (Å²) in [5, 5.41) is 3.14. The Kier molecular flexibility index (Phi) is 4.18. The minimum atomic E-state index is -0.273. The van der Waals surface area contributed by atoms with Crippen molar-refractivity contribution in [3.05, 3.63) is 0 Å². The molecule has 4 heteroatoms. The van der Waals surface area contributed by atoms with Crippen LogP contribution in [0.3, 0.4) is 0 Å². The molecular weight excluding hydrogens is 168 g/mol. The van der Waals surface area contributed by atoms with E-state index in [1.807, 2.05) is 7.05 Å². The number of carbonyl (C=O) groups excluding carboxylic acids is 1. The Balaban J connectivity index is 2.36. The lowest BCUT2D eigenvalue weighted by Gasteiger charge is -2.27. The second-order valence-corrected chi connectivity index (χ2v) is 3.32. The minimum absolute atomic E-state index is 0.0917. The molecule has 76 valence electrons. The number of rotatable bonds is 3. The fourth-order valence-corrected chi connectivity index (χ4v) is 1.42. The molecular formula is C9H18N2O2. The molecule has 0 radical (unpaired) electrons. The van der Waals surface area contributed by atoms with Crippen molar-refractivity contribution < 1.29 is 9.53 Å². The van der Waals surface area contributed by atoms with Gasteiger partial charge in [-0.15, -0.1) is 0 Å². The Morgan fingerprint density at radius 2 is 2.46 bits per heavy atom. The van der Waals surface area contributed by atoms with Gasteiger partial charge in [0.1, 0.15) is 6.10 Å². The van der Waals surface area contributed by atoms with Gasteiger partial charge >= 0.3 is 0 Å². The van der Waals surface area contributed by atoms with Crippen LogP contribution in [0.1, 0.15) is 13.3 Å². The SMILES string of the molecule is CCCN(C)C(=O)C1CNCCO1. The van der Waals surface area contributed by atoms with E-state index < -0.39 is 0 Å². The molecule has 0 aromatic rings. The van der Waals surface area contributed by atoms with E-state index in [-0.39, 0.29) is 12.0 Å². The quantitative estimate of drug-likeness (QED) is 0.666. The molecule has 1 N–H and O–H groups in total. The molecule has 0 bridgehead atoms. The highest BCUT2D eigenvalue weighted by Gasteiger charge is 2.23. The lowest BCUT2D eigenvalue weighted by atomic mass is 10.2. The van der Waals surface area contributed by atoms with Crippen molar-refractivity contribution in [2.45, 2.75) is 19.4 Å². The van der Waals surface area contributed by atoms with Gasteiger partial charge in [0.2, 0.25) is 0 Å². The molecule has 1 rings (SSSR count). The van der Waals surface area contributed by atoms with Gasteiger partial charge < -0.3 is 15.0 Å². The molecule has 1 amide bonds. The minimum Gasteiger partial charge on any atom is -0.366 e. The molecule has 0 aromatic carbocycles. The van der Waals surface area contributed by atoms with Gasteiger partial charge in [0.15, 0.2) is 0 Å². The Bertz CT molecular complexity index is 167. The van der Waals surface area contributed by atoms with Gasteiger partial charge in [-0.25, -0.2) is 0 Å². The van der Waals surface area contributed by atoms with Crippen molar-refractivity contribution in [1.29, 1.82) is 0 Å². The van der Waals surface area contributed by atoms with Gasteiger partial charge in [-0.2, -0.15) is 0 Å². The number of hydrogen-bond donors (Lipinski definition) is 1. The molecule has 13 heavy (non-hydrogen) atoms. The third-order valence-corrected chi connectivity index (χ3v) is 2.14. The van der Waals surface area contributed by atoms with Crippen LogP contribution >= 0.6 is 0 Å². The average Bonchev–Trinajstić information content (AvgIpc) is 2.18. The first-order chi connectivity index (χ1) is 6.25. The van der Waals surface area contributed by atoms with E-state index >= 15 is 0 Å². The summed E-state index contributed by atoms with van der Waals surface area (Å²) < 4.78 is 5.35. The molecule has 1 atom stereocenters. The predicted molar refractivity (Wildman–Crippen MR) is 50.5 cm³/mol. The summed E-state index contributed by atoms with van der Waals surface area (Å²) >= 11 is 0. The van der Waals surface area contributed by atoms with Crippen LogP contribution in [0.15, 0.2) is 0 Å². The van der Waals surface area contributed by atoms with Crippen LogP contribution in [0.4, 0.5) is 0 Å². The molecule has 0 spiro atoms. The van der Waals surface area contributed by atoms with E-state index in [1.165, 1.54) is 0 Å². The molecule has 0 aliphatic carbocycles. The van der Waals surface area contributed by atoms with E-state index in [1.54, 1.807) is 4.90 Å². The molecule has 0 aromatic heterocycles. The first-order valence-corrected chi connectivity index (χ1v) is 4.83. The summed E-state index contributed by atoms with van der Waals surface area (Å²) in [6, 6.07) is 0. The lowest BCUT2D eigenvalue weighted by Crippen LogP contribution is -2.48. The van der Waals surface area contributed by atoms with Crippen LogP contribution in [-0.2, 0) is 9.53 Å². The number of likely N-dealkylation sites (N-methyl/N-ethyl adjacent to an activating group) is 1. The highest BCUT2D eigenvalue weighted by atomic mass is 16.5. The summed E-state index contributed by atoms with van der Waals surface area (Å²) in [5.74, 6) is 0.0917. The highest BCUT2D eigenvalue weighted by molar-refractivity contribution is 5.81. The third-order valence-electron chi connectivity index (χ3n) is 2.14. The standard InChI is InChI=1S/C9H18N2O2/c1-3-5-11(2)9(12)8-7-10-4-6-13-8/h8,10H,3-7H2,1-2H3. The van der Waals surface area contributed by atoms with Crippen molar-refractivity contribution in [2.75, 3.05) is 33.3 Å². The first-order valence-electron chi connectivity index (χ1n) is 4.83. The van der Waals surface area contributed by atoms with Crippen LogP contribution in [0.5, 0.6) is 0 Å². The monoisotopic (exact) mass is 186 g/mol. The van der Waals surface area contributed by atoms with E-state index in [2.05, 4.69) is 12.2 Å². The predicted octanol–water partition coefficient (Wildman–Crippen LogP) is -0.157. The third kappa shape index (κ3) is 2.97. The smallest absolute Gasteiger partial charge is 0.252 e. The maximum Gasteiger partial charge on any atom is 0.252 e. The number of carbonyl (C=O) groups is 1. The number of hydrogen-bond acceptors (Lipinski definition) is 3. The number of nitrogens with zero attached hydrogens (tertiary/aromatic N) is 1. The van der Waals surface area contributed by atoms with Crippen molar-refractivity contribution in [2.24, 2.45) is 0 Å². The van der Waals surface area contributed by atoms with Gasteiger partial charge in [0.25, 0.3) is 5.91 Å². The lowest BCUT2D eigenvalue weighted by molar-refractivity contribution is -0.143. The number of ether oxygens (including phenoxy) is 1. The molecule has 1 fully saturated rings. The molecule has 1 saturated heterocycles. The Morgan fingerprint density at radius 1 is 1.69 bits per heavy atom. The maximum atomic E-state index is 11.6. The summed E-state index contributed by atoms with van der Waals surface area (Å²) in [5.41, 5.74) is 0. The van der Waals surface area contributed by atoms with Crippen molar-refractivity contribution in [3.8, 4) is 0 Å². The topological polar surface area (TPSA) is 41.6 Å². The van der Waals surface area contributed by atoms with E-state index in [9.17, 15) is 4.79 Å². The Labute approximate surface area is 79.2 Å². The van der Waals surface area contributed by atoms with Crippen LogP contribution in [0, 0.1) is 0 Å². The molecule has 1 aliphatic heterocycles. The molecule has 0 saturated carbocycles. The van der Waals surface area contributed by atoms with E-state index in [0.717, 1.165) is 19.5 Å². The van der Waals surface area contributed by atoms with E-state index in [4.69, 9.17) is 4.74 Å². The Hall–Kier alpha value is -0.610. The maximum absolute atomic E-state index is 11.6. The molecule has 1 heterocycles. The second kappa shape index (κ2) is 5.19. The summed E-state index contributed by atoms with van der Waals surface area (Å²) in [7, 11) is 1.82. The van der Waals surface area contributed by atoms with Gasteiger partial charge in [0, 0.05) is 26.7 Å². The zero-order valence-corrected chi connectivity index (χ0v) is 8.38. The van der Waals surface area contributed by atoms with Crippen LogP contribution in [-0.4, -0.2) is 50.2 Å². The largest absolute Gasteiger partial charge is 0.366 e.